The number of benzene rings is 1. The molecule has 2 aromatic heterocycles. The van der Waals surface area contributed by atoms with E-state index in [1.54, 1.807) is 12.1 Å². The third-order valence-electron chi connectivity index (χ3n) is 8.08. The van der Waals surface area contributed by atoms with E-state index in [1.165, 1.54) is 25.7 Å². The average molecular weight is 488 g/mol. The second kappa shape index (κ2) is 9.67. The summed E-state index contributed by atoms with van der Waals surface area (Å²) in [5, 5.41) is 8.04. The molecule has 0 unspecified atom stereocenters. The molecular formula is C28H33N5O3. The van der Waals surface area contributed by atoms with Crippen molar-refractivity contribution in [1.82, 2.24) is 15.3 Å². The highest BCUT2D eigenvalue weighted by molar-refractivity contribution is 6.00. The number of piperidine rings is 1. The van der Waals surface area contributed by atoms with Crippen LogP contribution < -0.4 is 21.1 Å². The Bertz CT molecular complexity index is 1300. The van der Waals surface area contributed by atoms with Crippen LogP contribution in [0.5, 0.6) is 0 Å². The highest BCUT2D eigenvalue weighted by Gasteiger charge is 2.49. The Labute approximate surface area is 210 Å². The molecule has 3 aliphatic rings. The maximum absolute atomic E-state index is 13.4. The van der Waals surface area contributed by atoms with E-state index in [0.717, 1.165) is 43.0 Å². The van der Waals surface area contributed by atoms with E-state index >= 15 is 0 Å². The van der Waals surface area contributed by atoms with Gasteiger partial charge in [-0.3, -0.25) is 14.6 Å². The Kier molecular flexibility index (Phi) is 6.23. The zero-order valence-electron chi connectivity index (χ0n) is 20.5. The highest BCUT2D eigenvalue weighted by atomic mass is 16.5. The predicted octanol–water partition coefficient (Wildman–Crippen LogP) is 3.19. The smallest absolute Gasteiger partial charge is 0.257 e. The minimum absolute atomic E-state index is 0.224. The Morgan fingerprint density at radius 3 is 2.72 bits per heavy atom. The van der Waals surface area contributed by atoms with Crippen LogP contribution in [0.2, 0.25) is 0 Å². The number of H-pyrrole nitrogens is 1. The number of pyridine rings is 2. The quantitative estimate of drug-likeness (QED) is 0.473. The van der Waals surface area contributed by atoms with Crippen molar-refractivity contribution in [2.45, 2.75) is 43.6 Å². The molecule has 0 spiro atoms. The van der Waals surface area contributed by atoms with Crippen molar-refractivity contribution in [1.29, 1.82) is 0 Å². The number of nitrogens with zero attached hydrogens (tertiary/aromatic N) is 2. The Balaban J connectivity index is 1.15. The Hall–Kier alpha value is -3.23. The van der Waals surface area contributed by atoms with Gasteiger partial charge in [0.05, 0.1) is 30.8 Å². The molecule has 1 atom stereocenters. The number of ether oxygens (including phenoxy) is 1. The molecule has 6 rings (SSSR count). The van der Waals surface area contributed by atoms with E-state index in [9.17, 15) is 9.59 Å². The van der Waals surface area contributed by atoms with Gasteiger partial charge >= 0.3 is 0 Å². The zero-order chi connectivity index (χ0) is 24.5. The third-order valence-corrected chi connectivity index (χ3v) is 8.08. The minimum atomic E-state index is -0.865. The summed E-state index contributed by atoms with van der Waals surface area (Å²) in [6.45, 7) is 3.67. The van der Waals surface area contributed by atoms with Crippen LogP contribution in [0.3, 0.4) is 0 Å². The summed E-state index contributed by atoms with van der Waals surface area (Å²) >= 11 is 0. The number of hydrogen-bond donors (Lipinski definition) is 3. The molecule has 36 heavy (non-hydrogen) atoms. The number of fused-ring (bicyclic) bond motifs is 1. The first-order chi connectivity index (χ1) is 17.6. The number of rotatable bonds is 7. The first-order valence-corrected chi connectivity index (χ1v) is 13.1. The second-order valence-corrected chi connectivity index (χ2v) is 10.5. The van der Waals surface area contributed by atoms with Gasteiger partial charge in [-0.1, -0.05) is 24.6 Å². The molecule has 2 saturated heterocycles. The van der Waals surface area contributed by atoms with Crippen LogP contribution in [0.4, 0.5) is 11.5 Å². The first-order valence-electron chi connectivity index (χ1n) is 13.1. The standard InChI is InChI=1S/C28H33N5O3/c34-26-23-9-2-1-7-20(23)13-25(31-26)32-27(35)28(17-36-18-28)24-11-10-22(15-30-24)33-12-4-8-21(16-33)29-14-19-5-3-6-19/h1-2,7,9-11,13,15,19,21,29H,3-6,8,12,14,16-18H2,(H2,31,32,34,35)/t21-/m1/s1. The van der Waals surface area contributed by atoms with Crippen LogP contribution >= 0.6 is 0 Å². The normalized spacial score (nSPS) is 21.6. The molecule has 3 fully saturated rings. The number of carbonyl (C=O) groups is 1. The fraction of sp³-hybridized carbons (Fsp3) is 0.464. The molecule has 2 aliphatic heterocycles. The molecule has 0 radical (unpaired) electrons. The van der Waals surface area contributed by atoms with Gasteiger partial charge in [0, 0.05) is 24.5 Å². The van der Waals surface area contributed by atoms with E-state index in [2.05, 4.69) is 26.6 Å². The summed E-state index contributed by atoms with van der Waals surface area (Å²) in [6.07, 6.45) is 8.37. The Morgan fingerprint density at radius 2 is 2.00 bits per heavy atom. The number of nitrogens with one attached hydrogen (secondary N) is 3. The molecule has 1 amide bonds. The fourth-order valence-electron chi connectivity index (χ4n) is 5.49. The van der Waals surface area contributed by atoms with Gasteiger partial charge in [-0.15, -0.1) is 0 Å². The van der Waals surface area contributed by atoms with Crippen LogP contribution in [-0.4, -0.2) is 54.8 Å². The summed E-state index contributed by atoms with van der Waals surface area (Å²) < 4.78 is 5.47. The van der Waals surface area contributed by atoms with Crippen molar-refractivity contribution < 1.29 is 9.53 Å². The number of carbonyl (C=O) groups excluding carboxylic acids is 1. The van der Waals surface area contributed by atoms with Crippen LogP contribution in [0.1, 0.15) is 37.8 Å². The summed E-state index contributed by atoms with van der Waals surface area (Å²) in [5.41, 5.74) is 0.681. The Morgan fingerprint density at radius 1 is 1.14 bits per heavy atom. The largest absolute Gasteiger partial charge is 0.378 e. The lowest BCUT2D eigenvalue weighted by Crippen LogP contribution is -2.56. The number of aromatic nitrogens is 2. The van der Waals surface area contributed by atoms with Gasteiger partial charge in [-0.05, 0) is 67.8 Å². The van der Waals surface area contributed by atoms with Gasteiger partial charge in [0.15, 0.2) is 0 Å². The van der Waals surface area contributed by atoms with Gasteiger partial charge in [0.2, 0.25) is 5.91 Å². The van der Waals surface area contributed by atoms with Gasteiger partial charge in [0.1, 0.15) is 11.2 Å². The zero-order valence-corrected chi connectivity index (χ0v) is 20.5. The van der Waals surface area contributed by atoms with E-state index in [-0.39, 0.29) is 24.7 Å². The number of amides is 1. The second-order valence-electron chi connectivity index (χ2n) is 10.5. The summed E-state index contributed by atoms with van der Waals surface area (Å²) in [6, 6.07) is 13.6. The molecule has 1 aliphatic carbocycles. The van der Waals surface area contributed by atoms with Gasteiger partial charge in [0.25, 0.3) is 5.56 Å². The molecule has 4 heterocycles. The van der Waals surface area contributed by atoms with Crippen LogP contribution in [0.25, 0.3) is 10.8 Å². The molecule has 3 N–H and O–H groups in total. The number of anilines is 2. The fourth-order valence-corrected chi connectivity index (χ4v) is 5.49. The molecule has 1 aromatic carbocycles. The molecule has 3 aromatic rings. The van der Waals surface area contributed by atoms with Gasteiger partial charge in [-0.25, -0.2) is 0 Å². The van der Waals surface area contributed by atoms with Crippen molar-refractivity contribution >= 4 is 28.2 Å². The van der Waals surface area contributed by atoms with Gasteiger partial charge < -0.3 is 25.3 Å². The average Bonchev–Trinajstić information content (AvgIpc) is 2.83. The van der Waals surface area contributed by atoms with Crippen molar-refractivity contribution in [2.75, 3.05) is 43.1 Å². The molecule has 188 valence electrons. The van der Waals surface area contributed by atoms with E-state index < -0.39 is 5.41 Å². The summed E-state index contributed by atoms with van der Waals surface area (Å²) in [5.74, 6) is 1.01. The predicted molar refractivity (Wildman–Crippen MR) is 141 cm³/mol. The van der Waals surface area contributed by atoms with E-state index in [0.29, 0.717) is 22.9 Å². The maximum Gasteiger partial charge on any atom is 0.257 e. The monoisotopic (exact) mass is 487 g/mol. The SMILES string of the molecule is O=C(Nc1cc2ccccc2c(=O)[nH]1)C1(c2ccc(N3CCC[C@@H](NCC4CCC4)C3)cn2)COC1. The van der Waals surface area contributed by atoms with Crippen LogP contribution in [0.15, 0.2) is 53.5 Å². The topological polar surface area (TPSA) is 99.4 Å². The van der Waals surface area contributed by atoms with E-state index in [1.807, 2.05) is 30.5 Å². The first kappa shape index (κ1) is 23.2. The van der Waals surface area contributed by atoms with Crippen molar-refractivity contribution in [2.24, 2.45) is 5.92 Å². The molecular weight excluding hydrogens is 454 g/mol. The minimum Gasteiger partial charge on any atom is -0.378 e. The highest BCUT2D eigenvalue weighted by Crippen LogP contribution is 2.34. The molecule has 8 heteroatoms. The maximum atomic E-state index is 13.4. The number of aromatic amines is 1. The third kappa shape index (κ3) is 4.40. The molecule has 0 bridgehead atoms. The van der Waals surface area contributed by atoms with Crippen molar-refractivity contribution in [3.63, 3.8) is 0 Å². The van der Waals surface area contributed by atoms with Crippen LogP contribution in [-0.2, 0) is 14.9 Å². The lowest BCUT2D eigenvalue weighted by Gasteiger charge is -2.39. The summed E-state index contributed by atoms with van der Waals surface area (Å²) in [4.78, 5) is 35.7. The lowest BCUT2D eigenvalue weighted by atomic mass is 9.81. The summed E-state index contributed by atoms with van der Waals surface area (Å²) in [7, 11) is 0. The van der Waals surface area contributed by atoms with Crippen molar-refractivity contribution in [3.05, 3.63) is 64.7 Å². The van der Waals surface area contributed by atoms with Crippen molar-refractivity contribution in [3.8, 4) is 0 Å². The lowest BCUT2D eigenvalue weighted by molar-refractivity contribution is -0.140. The van der Waals surface area contributed by atoms with Crippen LogP contribution in [0, 0.1) is 5.92 Å². The van der Waals surface area contributed by atoms with Gasteiger partial charge in [-0.2, -0.15) is 0 Å². The van der Waals surface area contributed by atoms with E-state index in [4.69, 9.17) is 9.72 Å². The number of hydrogen-bond acceptors (Lipinski definition) is 6. The molecule has 1 saturated carbocycles. The molecule has 8 nitrogen and oxygen atoms in total.